The molecule has 0 radical (unpaired) electrons. The maximum atomic E-state index is 2.45. The zero-order chi connectivity index (χ0) is 19.4. The molecule has 0 unspecified atom stereocenters. The van der Waals surface area contributed by atoms with Crippen molar-refractivity contribution in [3.63, 3.8) is 0 Å². The number of hydrogen-bond acceptors (Lipinski definition) is 0. The molecular weight excluding hydrogens is 324 g/mol. The van der Waals surface area contributed by atoms with E-state index >= 15 is 0 Å². The zero-order valence-corrected chi connectivity index (χ0v) is 17.7. The molecule has 0 atom stereocenters. The van der Waals surface area contributed by atoms with E-state index in [-0.39, 0.29) is 10.8 Å². The molecule has 0 heteroatoms. The second-order valence-corrected chi connectivity index (χ2v) is 10.3. The summed E-state index contributed by atoms with van der Waals surface area (Å²) in [4.78, 5) is 0. The summed E-state index contributed by atoms with van der Waals surface area (Å²) in [5.74, 6) is 0. The molecule has 0 fully saturated rings. The van der Waals surface area contributed by atoms with Gasteiger partial charge in [-0.05, 0) is 69.0 Å². The van der Waals surface area contributed by atoms with Crippen LogP contribution in [0.5, 0.6) is 0 Å². The summed E-state index contributed by atoms with van der Waals surface area (Å²) in [5.41, 5.74) is 12.4. The summed E-state index contributed by atoms with van der Waals surface area (Å²) >= 11 is 0. The lowest BCUT2D eigenvalue weighted by Gasteiger charge is -2.26. The molecule has 0 saturated carbocycles. The molecule has 0 nitrogen and oxygen atoms in total. The quantitative estimate of drug-likeness (QED) is 0.452. The van der Waals surface area contributed by atoms with Crippen LogP contribution in [0, 0.1) is 0 Å². The van der Waals surface area contributed by atoms with Gasteiger partial charge in [0.15, 0.2) is 0 Å². The van der Waals surface area contributed by atoms with E-state index in [4.69, 9.17) is 0 Å². The molecule has 0 N–H and O–H groups in total. The third kappa shape index (κ3) is 3.31. The van der Waals surface area contributed by atoms with Gasteiger partial charge in [0.1, 0.15) is 0 Å². The highest BCUT2D eigenvalue weighted by Crippen LogP contribution is 2.44. The third-order valence-corrected chi connectivity index (χ3v) is 6.12. The normalized spacial score (nSPS) is 15.7. The number of benzene rings is 2. The molecule has 140 valence electrons. The number of fused-ring (bicyclic) bond motifs is 3. The molecule has 27 heavy (non-hydrogen) atoms. The number of hydrogen-bond donors (Lipinski definition) is 0. The summed E-state index contributed by atoms with van der Waals surface area (Å²) in [5, 5.41) is 0. The van der Waals surface area contributed by atoms with Crippen LogP contribution in [0.15, 0.2) is 54.1 Å². The second kappa shape index (κ2) is 6.23. The van der Waals surface area contributed by atoms with E-state index in [2.05, 4.69) is 90.1 Å². The predicted molar refractivity (Wildman–Crippen MR) is 118 cm³/mol. The molecule has 4 rings (SSSR count). The van der Waals surface area contributed by atoms with Crippen molar-refractivity contribution in [3.8, 4) is 11.1 Å². The Morgan fingerprint density at radius 3 is 2.22 bits per heavy atom. The van der Waals surface area contributed by atoms with Gasteiger partial charge in [-0.1, -0.05) is 95.7 Å². The van der Waals surface area contributed by atoms with Crippen molar-refractivity contribution in [1.82, 2.24) is 0 Å². The fraction of sp³-hybridized carbons (Fsp3) is 0.407. The maximum Gasteiger partial charge on any atom is -0.00104 e. The molecule has 2 aromatic rings. The first-order chi connectivity index (χ1) is 12.6. The minimum absolute atomic E-state index is 0.169. The van der Waals surface area contributed by atoms with Gasteiger partial charge in [-0.15, -0.1) is 0 Å². The Balaban J connectivity index is 1.83. The first kappa shape index (κ1) is 18.3. The van der Waals surface area contributed by atoms with Crippen LogP contribution in [0.1, 0.15) is 75.8 Å². The Bertz CT molecular complexity index is 953. The summed E-state index contributed by atoms with van der Waals surface area (Å²) in [6.07, 6.45) is 10.1. The van der Waals surface area contributed by atoms with Gasteiger partial charge < -0.3 is 0 Å². The van der Waals surface area contributed by atoms with Crippen molar-refractivity contribution in [2.45, 2.75) is 71.6 Å². The summed E-state index contributed by atoms with van der Waals surface area (Å²) in [6.45, 7) is 14.0. The molecule has 0 saturated heterocycles. The Morgan fingerprint density at radius 1 is 0.852 bits per heavy atom. The fourth-order valence-corrected chi connectivity index (χ4v) is 4.56. The molecule has 0 aromatic heterocycles. The SMILES string of the molecule is CC(C)(C)c1ccc2c(c1)Cc1c-2ccc(C(C)(C)C)c1CC1=CC=CC1. The molecule has 0 heterocycles. The molecule has 0 amide bonds. The highest BCUT2D eigenvalue weighted by Gasteiger charge is 2.28. The lowest BCUT2D eigenvalue weighted by atomic mass is 9.79. The third-order valence-electron chi connectivity index (χ3n) is 6.12. The van der Waals surface area contributed by atoms with Gasteiger partial charge in [0.2, 0.25) is 0 Å². The molecule has 2 aliphatic rings. The van der Waals surface area contributed by atoms with Crippen molar-refractivity contribution in [2.24, 2.45) is 0 Å². The van der Waals surface area contributed by atoms with E-state index < -0.39 is 0 Å². The predicted octanol–water partition coefficient (Wildman–Crippen LogP) is 7.28. The smallest absolute Gasteiger partial charge is 0.00104 e. The van der Waals surface area contributed by atoms with Crippen LogP contribution in [0.4, 0.5) is 0 Å². The van der Waals surface area contributed by atoms with Crippen molar-refractivity contribution in [2.75, 3.05) is 0 Å². The summed E-state index contributed by atoms with van der Waals surface area (Å²) < 4.78 is 0. The minimum atomic E-state index is 0.169. The lowest BCUT2D eigenvalue weighted by molar-refractivity contribution is 0.583. The van der Waals surface area contributed by atoms with E-state index in [0.29, 0.717) is 0 Å². The van der Waals surface area contributed by atoms with Crippen LogP contribution in [0.25, 0.3) is 11.1 Å². The van der Waals surface area contributed by atoms with Gasteiger partial charge in [-0.2, -0.15) is 0 Å². The van der Waals surface area contributed by atoms with Gasteiger partial charge in [0, 0.05) is 0 Å². The Kier molecular flexibility index (Phi) is 4.22. The highest BCUT2D eigenvalue weighted by atomic mass is 14.3. The van der Waals surface area contributed by atoms with E-state index in [1.54, 1.807) is 16.7 Å². The highest BCUT2D eigenvalue weighted by molar-refractivity contribution is 5.79. The van der Waals surface area contributed by atoms with Crippen molar-refractivity contribution < 1.29 is 0 Å². The molecule has 0 bridgehead atoms. The van der Waals surface area contributed by atoms with Crippen molar-refractivity contribution in [3.05, 3.63) is 82.0 Å². The molecule has 2 aliphatic carbocycles. The standard InChI is InChI=1S/C27H32/c1-26(2,3)20-11-12-21-19(16-20)17-23-22(21)13-14-25(27(4,5)6)24(23)15-18-9-7-8-10-18/h7-9,11-14,16H,10,15,17H2,1-6H3. The average molecular weight is 357 g/mol. The van der Waals surface area contributed by atoms with E-state index in [1.165, 1.54) is 27.8 Å². The van der Waals surface area contributed by atoms with Gasteiger partial charge in [0.25, 0.3) is 0 Å². The van der Waals surface area contributed by atoms with Gasteiger partial charge in [-0.25, -0.2) is 0 Å². The van der Waals surface area contributed by atoms with E-state index in [9.17, 15) is 0 Å². The number of rotatable bonds is 2. The minimum Gasteiger partial charge on any atom is -0.0804 e. The summed E-state index contributed by atoms with van der Waals surface area (Å²) in [6, 6.07) is 11.9. The first-order valence-electron chi connectivity index (χ1n) is 10.3. The van der Waals surface area contributed by atoms with Crippen LogP contribution in [0.3, 0.4) is 0 Å². The van der Waals surface area contributed by atoms with Crippen LogP contribution < -0.4 is 0 Å². The first-order valence-corrected chi connectivity index (χ1v) is 10.3. The number of allylic oxidation sites excluding steroid dienone is 4. The Hall–Kier alpha value is -2.08. The Morgan fingerprint density at radius 2 is 1.59 bits per heavy atom. The van der Waals surface area contributed by atoms with Crippen LogP contribution in [-0.4, -0.2) is 0 Å². The second-order valence-electron chi connectivity index (χ2n) is 10.3. The Labute approximate surface area is 165 Å². The van der Waals surface area contributed by atoms with Crippen molar-refractivity contribution >= 4 is 0 Å². The fourth-order valence-electron chi connectivity index (χ4n) is 4.56. The lowest BCUT2D eigenvalue weighted by Crippen LogP contribution is -2.16. The summed E-state index contributed by atoms with van der Waals surface area (Å²) in [7, 11) is 0. The van der Waals surface area contributed by atoms with Gasteiger partial charge in [-0.3, -0.25) is 0 Å². The van der Waals surface area contributed by atoms with Crippen LogP contribution in [0.2, 0.25) is 0 Å². The maximum absolute atomic E-state index is 2.45. The molecule has 0 spiro atoms. The van der Waals surface area contributed by atoms with E-state index in [0.717, 1.165) is 19.3 Å². The average Bonchev–Trinajstić information content (AvgIpc) is 3.20. The van der Waals surface area contributed by atoms with Crippen LogP contribution in [-0.2, 0) is 23.7 Å². The van der Waals surface area contributed by atoms with Gasteiger partial charge >= 0.3 is 0 Å². The van der Waals surface area contributed by atoms with Crippen molar-refractivity contribution in [1.29, 1.82) is 0 Å². The molecule has 2 aromatic carbocycles. The topological polar surface area (TPSA) is 0 Å². The largest absolute Gasteiger partial charge is 0.0804 e. The van der Waals surface area contributed by atoms with Gasteiger partial charge in [0.05, 0.1) is 0 Å². The zero-order valence-electron chi connectivity index (χ0n) is 17.7. The monoisotopic (exact) mass is 356 g/mol. The van der Waals surface area contributed by atoms with Crippen LogP contribution >= 0.6 is 0 Å². The van der Waals surface area contributed by atoms with E-state index in [1.807, 2.05) is 0 Å². The molecular formula is C27H32. The molecule has 0 aliphatic heterocycles.